The van der Waals surface area contributed by atoms with Crippen molar-refractivity contribution in [2.75, 3.05) is 0 Å². The zero-order valence-electron chi connectivity index (χ0n) is 8.40. The quantitative estimate of drug-likeness (QED) is 0.788. The summed E-state index contributed by atoms with van der Waals surface area (Å²) in [7, 11) is 0. The topological polar surface area (TPSA) is 67.6 Å². The van der Waals surface area contributed by atoms with Crippen molar-refractivity contribution in [1.82, 2.24) is 20.4 Å². The molecule has 0 aromatic carbocycles. The molecule has 0 saturated carbocycles. The molecule has 2 heterocycles. The number of aromatic nitrogens is 4. The third-order valence-electron chi connectivity index (χ3n) is 1.86. The van der Waals surface area contributed by atoms with Gasteiger partial charge in [-0.25, -0.2) is 0 Å². The second-order valence-corrected chi connectivity index (χ2v) is 3.54. The summed E-state index contributed by atoms with van der Waals surface area (Å²) in [6.07, 6.45) is 0. The van der Waals surface area contributed by atoms with Crippen molar-refractivity contribution in [3.8, 4) is 11.6 Å². The van der Waals surface area contributed by atoms with Gasteiger partial charge in [-0.05, 0) is 13.0 Å². The highest BCUT2D eigenvalue weighted by Gasteiger charge is 2.12. The van der Waals surface area contributed by atoms with Crippen LogP contribution < -0.4 is 0 Å². The number of nitrogens with zero attached hydrogens (tertiary/aromatic N) is 3. The summed E-state index contributed by atoms with van der Waals surface area (Å²) in [6.45, 7) is 5.94. The fraction of sp³-hybridized carbons (Fsp3) is 0.444. The average Bonchev–Trinajstić information content (AvgIpc) is 2.70. The predicted octanol–water partition coefficient (Wildman–Crippen LogP) is 1.89. The summed E-state index contributed by atoms with van der Waals surface area (Å²) >= 11 is 0. The maximum Gasteiger partial charge on any atom is 0.268 e. The Morgan fingerprint density at radius 2 is 2.14 bits per heavy atom. The van der Waals surface area contributed by atoms with Gasteiger partial charge in [0.1, 0.15) is 5.69 Å². The van der Waals surface area contributed by atoms with Gasteiger partial charge in [0, 0.05) is 11.6 Å². The van der Waals surface area contributed by atoms with Gasteiger partial charge in [-0.3, -0.25) is 5.10 Å². The Morgan fingerprint density at radius 1 is 1.36 bits per heavy atom. The number of H-pyrrole nitrogens is 1. The van der Waals surface area contributed by atoms with Crippen LogP contribution in [0, 0.1) is 6.92 Å². The highest BCUT2D eigenvalue weighted by atomic mass is 16.4. The third kappa shape index (κ3) is 1.53. The zero-order chi connectivity index (χ0) is 10.1. The van der Waals surface area contributed by atoms with Gasteiger partial charge in [0.15, 0.2) is 0 Å². The smallest absolute Gasteiger partial charge is 0.268 e. The Labute approximate surface area is 81.5 Å². The van der Waals surface area contributed by atoms with Crippen LogP contribution in [0.5, 0.6) is 0 Å². The Kier molecular flexibility index (Phi) is 2.07. The molecule has 0 atom stereocenters. The van der Waals surface area contributed by atoms with Crippen molar-refractivity contribution in [2.45, 2.75) is 26.7 Å². The number of rotatable bonds is 2. The minimum atomic E-state index is 0.247. The molecule has 0 aliphatic rings. The van der Waals surface area contributed by atoms with Crippen molar-refractivity contribution in [3.63, 3.8) is 0 Å². The van der Waals surface area contributed by atoms with E-state index in [4.69, 9.17) is 4.42 Å². The van der Waals surface area contributed by atoms with Crippen LogP contribution in [-0.2, 0) is 0 Å². The van der Waals surface area contributed by atoms with Crippen molar-refractivity contribution in [1.29, 1.82) is 0 Å². The molecule has 0 aliphatic carbocycles. The summed E-state index contributed by atoms with van der Waals surface area (Å²) in [5, 5.41) is 14.7. The molecule has 0 fully saturated rings. The van der Waals surface area contributed by atoms with E-state index in [2.05, 4.69) is 20.4 Å². The molecule has 0 bridgehead atoms. The predicted molar refractivity (Wildman–Crippen MR) is 50.7 cm³/mol. The molecule has 0 amide bonds. The first-order chi connectivity index (χ1) is 6.66. The van der Waals surface area contributed by atoms with Crippen LogP contribution in [-0.4, -0.2) is 20.4 Å². The van der Waals surface area contributed by atoms with E-state index < -0.39 is 0 Å². The molecule has 5 heteroatoms. The summed E-state index contributed by atoms with van der Waals surface area (Å²) < 4.78 is 5.44. The van der Waals surface area contributed by atoms with Gasteiger partial charge < -0.3 is 4.42 Å². The minimum absolute atomic E-state index is 0.247. The van der Waals surface area contributed by atoms with E-state index in [1.807, 2.05) is 26.8 Å². The first kappa shape index (κ1) is 8.93. The Hall–Kier alpha value is -1.65. The Balaban J connectivity index is 2.33. The van der Waals surface area contributed by atoms with Crippen molar-refractivity contribution < 1.29 is 4.42 Å². The average molecular weight is 192 g/mol. The molecule has 0 saturated heterocycles. The van der Waals surface area contributed by atoms with Crippen LogP contribution in [0.25, 0.3) is 11.6 Å². The van der Waals surface area contributed by atoms with E-state index in [1.165, 1.54) is 0 Å². The molecule has 0 spiro atoms. The first-order valence-electron chi connectivity index (χ1n) is 4.52. The maximum atomic E-state index is 5.44. The van der Waals surface area contributed by atoms with Gasteiger partial charge in [0.05, 0.1) is 0 Å². The van der Waals surface area contributed by atoms with E-state index in [9.17, 15) is 0 Å². The van der Waals surface area contributed by atoms with Crippen LogP contribution in [0.1, 0.15) is 31.4 Å². The lowest BCUT2D eigenvalue weighted by Gasteiger charge is -1.93. The van der Waals surface area contributed by atoms with Crippen molar-refractivity contribution in [2.24, 2.45) is 0 Å². The summed E-state index contributed by atoms with van der Waals surface area (Å²) in [5.74, 6) is 1.36. The molecule has 14 heavy (non-hydrogen) atoms. The Bertz CT molecular complexity index is 429. The standard InChI is InChI=1S/C9H12N4O/c1-5(2)8-12-13-9(14-8)7-4-6(3)10-11-7/h4-5H,1-3H3,(H,10,11). The number of nitrogens with one attached hydrogen (secondary N) is 1. The highest BCUT2D eigenvalue weighted by Crippen LogP contribution is 2.19. The molecule has 2 aromatic heterocycles. The molecule has 2 aromatic rings. The molecule has 0 aliphatic heterocycles. The number of hydrogen-bond donors (Lipinski definition) is 1. The van der Waals surface area contributed by atoms with Crippen molar-refractivity contribution in [3.05, 3.63) is 17.7 Å². The van der Waals surface area contributed by atoms with Gasteiger partial charge in [0.25, 0.3) is 5.89 Å². The van der Waals surface area contributed by atoms with E-state index in [0.29, 0.717) is 17.5 Å². The van der Waals surface area contributed by atoms with E-state index in [1.54, 1.807) is 0 Å². The SMILES string of the molecule is Cc1cc(-c2nnc(C(C)C)o2)n[nH]1. The summed E-state index contributed by atoms with van der Waals surface area (Å²) in [5.41, 5.74) is 1.67. The molecule has 2 rings (SSSR count). The fourth-order valence-corrected chi connectivity index (χ4v) is 1.10. The summed E-state index contributed by atoms with van der Waals surface area (Å²) in [6, 6.07) is 1.87. The van der Waals surface area contributed by atoms with Gasteiger partial charge in [0.2, 0.25) is 5.89 Å². The molecule has 1 N–H and O–H groups in total. The Morgan fingerprint density at radius 3 is 2.64 bits per heavy atom. The third-order valence-corrected chi connectivity index (χ3v) is 1.86. The molecular weight excluding hydrogens is 180 g/mol. The van der Waals surface area contributed by atoms with E-state index >= 15 is 0 Å². The van der Waals surface area contributed by atoms with Crippen LogP contribution in [0.15, 0.2) is 10.5 Å². The zero-order valence-corrected chi connectivity index (χ0v) is 8.40. The lowest BCUT2D eigenvalue weighted by Crippen LogP contribution is -1.85. The lowest BCUT2D eigenvalue weighted by molar-refractivity contribution is 0.479. The second kappa shape index (κ2) is 3.25. The van der Waals surface area contributed by atoms with Crippen LogP contribution >= 0.6 is 0 Å². The largest absolute Gasteiger partial charge is 0.419 e. The van der Waals surface area contributed by atoms with Crippen LogP contribution in [0.4, 0.5) is 0 Å². The van der Waals surface area contributed by atoms with E-state index in [-0.39, 0.29) is 5.92 Å². The first-order valence-corrected chi connectivity index (χ1v) is 4.52. The summed E-state index contributed by atoms with van der Waals surface area (Å²) in [4.78, 5) is 0. The van der Waals surface area contributed by atoms with Crippen LogP contribution in [0.3, 0.4) is 0 Å². The maximum absolute atomic E-state index is 5.44. The lowest BCUT2D eigenvalue weighted by atomic mass is 10.2. The van der Waals surface area contributed by atoms with Gasteiger partial charge in [-0.2, -0.15) is 5.10 Å². The van der Waals surface area contributed by atoms with Gasteiger partial charge >= 0.3 is 0 Å². The van der Waals surface area contributed by atoms with E-state index in [0.717, 1.165) is 5.69 Å². The molecular formula is C9H12N4O. The minimum Gasteiger partial charge on any atom is -0.419 e. The number of aryl methyl sites for hydroxylation is 1. The van der Waals surface area contributed by atoms with Gasteiger partial charge in [-0.15, -0.1) is 10.2 Å². The molecule has 0 radical (unpaired) electrons. The highest BCUT2D eigenvalue weighted by molar-refractivity contribution is 5.45. The fourth-order valence-electron chi connectivity index (χ4n) is 1.10. The molecule has 0 unspecified atom stereocenters. The molecule has 74 valence electrons. The monoisotopic (exact) mass is 192 g/mol. The van der Waals surface area contributed by atoms with Crippen LogP contribution in [0.2, 0.25) is 0 Å². The number of aromatic amines is 1. The van der Waals surface area contributed by atoms with Gasteiger partial charge in [-0.1, -0.05) is 13.8 Å². The number of hydrogen-bond acceptors (Lipinski definition) is 4. The molecule has 5 nitrogen and oxygen atoms in total. The second-order valence-electron chi connectivity index (χ2n) is 3.54. The normalized spacial score (nSPS) is 11.1. The van der Waals surface area contributed by atoms with Crippen molar-refractivity contribution >= 4 is 0 Å².